The average molecular weight is 411 g/mol. The van der Waals surface area contributed by atoms with E-state index in [1.165, 1.54) is 0 Å². The molecule has 8 heteroatoms. The highest BCUT2D eigenvalue weighted by molar-refractivity contribution is 6.30. The summed E-state index contributed by atoms with van der Waals surface area (Å²) in [5, 5.41) is 15.7. The van der Waals surface area contributed by atoms with Gasteiger partial charge < -0.3 is 10.5 Å². The molecule has 2 heterocycles. The van der Waals surface area contributed by atoms with Crippen LogP contribution in [0.3, 0.4) is 0 Å². The van der Waals surface area contributed by atoms with Gasteiger partial charge in [0.15, 0.2) is 0 Å². The van der Waals surface area contributed by atoms with Crippen molar-refractivity contribution in [2.24, 2.45) is 5.10 Å². The van der Waals surface area contributed by atoms with E-state index in [2.05, 4.69) is 15.5 Å². The first-order valence-electron chi connectivity index (χ1n) is 9.08. The molecule has 3 aromatic rings. The third-order valence-electron chi connectivity index (χ3n) is 4.86. The minimum Gasteiger partial charge on any atom is -0.493 e. The molecule has 0 unspecified atom stereocenters. The summed E-state index contributed by atoms with van der Waals surface area (Å²) in [4.78, 5) is 27.2. The first kappa shape index (κ1) is 19.0. The van der Waals surface area contributed by atoms with E-state index in [1.54, 1.807) is 24.3 Å². The zero-order chi connectivity index (χ0) is 20.7. The van der Waals surface area contributed by atoms with Crippen molar-refractivity contribution in [1.29, 1.82) is 0 Å². The van der Waals surface area contributed by atoms with E-state index in [4.69, 9.17) is 11.6 Å². The molecule has 0 fully saturated rings. The van der Waals surface area contributed by atoms with Crippen LogP contribution in [0.15, 0.2) is 57.2 Å². The largest absolute Gasteiger partial charge is 0.493 e. The Morgan fingerprint density at radius 2 is 1.76 bits per heavy atom. The Balaban J connectivity index is 1.76. The minimum atomic E-state index is -0.706. The monoisotopic (exact) mass is 410 g/mol. The molecule has 4 rings (SSSR count). The number of nitrogens with zero attached hydrogens (tertiary/aromatic N) is 2. The van der Waals surface area contributed by atoms with E-state index < -0.39 is 17.1 Å². The number of hydrazone groups is 1. The summed E-state index contributed by atoms with van der Waals surface area (Å²) in [6, 6.07) is 12.6. The smallest absolute Gasteiger partial charge is 0.335 e. The Kier molecular flexibility index (Phi) is 4.76. The van der Waals surface area contributed by atoms with Gasteiger partial charge in [-0.3, -0.25) is 9.78 Å². The number of benzene rings is 2. The lowest BCUT2D eigenvalue weighted by Crippen LogP contribution is -2.33. The number of aromatic nitrogens is 2. The topological polar surface area (TPSA) is 99.5 Å². The van der Waals surface area contributed by atoms with Gasteiger partial charge in [-0.05, 0) is 54.8 Å². The molecule has 3 N–H and O–H groups in total. The summed E-state index contributed by atoms with van der Waals surface area (Å²) in [6.45, 7) is 3.79. The van der Waals surface area contributed by atoms with Gasteiger partial charge in [0, 0.05) is 11.4 Å². The summed E-state index contributed by atoms with van der Waals surface area (Å²) in [7, 11) is 0. The number of halogens is 1. The van der Waals surface area contributed by atoms with E-state index >= 15 is 0 Å². The number of hydrogen-bond donors (Lipinski definition) is 3. The molecule has 0 aliphatic carbocycles. The van der Waals surface area contributed by atoms with E-state index in [0.717, 1.165) is 21.3 Å². The fourth-order valence-corrected chi connectivity index (χ4v) is 3.72. The van der Waals surface area contributed by atoms with Crippen molar-refractivity contribution in [2.45, 2.75) is 26.3 Å². The number of hydrogen-bond acceptors (Lipinski definition) is 5. The second-order valence-electron chi connectivity index (χ2n) is 7.14. The highest BCUT2D eigenvalue weighted by atomic mass is 35.5. The third-order valence-corrected chi connectivity index (χ3v) is 5.12. The zero-order valence-corrected chi connectivity index (χ0v) is 16.6. The van der Waals surface area contributed by atoms with Gasteiger partial charge in [0.05, 0.1) is 17.4 Å². The Labute approximate surface area is 171 Å². The van der Waals surface area contributed by atoms with Crippen molar-refractivity contribution in [2.75, 3.05) is 0 Å². The lowest BCUT2D eigenvalue weighted by molar-refractivity contribution is 0.429. The Morgan fingerprint density at radius 3 is 2.41 bits per heavy atom. The van der Waals surface area contributed by atoms with E-state index in [0.29, 0.717) is 22.8 Å². The van der Waals surface area contributed by atoms with Gasteiger partial charge in [-0.1, -0.05) is 29.8 Å². The summed E-state index contributed by atoms with van der Waals surface area (Å²) in [5.41, 5.74) is 5.25. The number of aromatic hydroxyl groups is 1. The maximum atomic E-state index is 12.5. The van der Waals surface area contributed by atoms with Gasteiger partial charge in [-0.25, -0.2) is 9.36 Å². The van der Waals surface area contributed by atoms with E-state index in [-0.39, 0.29) is 11.6 Å². The average Bonchev–Trinajstić information content (AvgIpc) is 3.10. The molecule has 0 spiro atoms. The normalized spacial score (nSPS) is 15.8. The maximum Gasteiger partial charge on any atom is 0.335 e. The molecular weight excluding hydrogens is 392 g/mol. The molecule has 0 saturated heterocycles. The van der Waals surface area contributed by atoms with Crippen molar-refractivity contribution < 1.29 is 5.11 Å². The van der Waals surface area contributed by atoms with Gasteiger partial charge in [0.2, 0.25) is 5.88 Å². The first-order chi connectivity index (χ1) is 13.8. The van der Waals surface area contributed by atoms with Crippen LogP contribution >= 0.6 is 11.6 Å². The Hall–Kier alpha value is -3.32. The molecule has 29 heavy (non-hydrogen) atoms. The molecule has 1 atom stereocenters. The highest BCUT2D eigenvalue weighted by Gasteiger charge is 2.27. The van der Waals surface area contributed by atoms with Crippen molar-refractivity contribution in [3.05, 3.63) is 90.6 Å². The lowest BCUT2D eigenvalue weighted by Gasteiger charge is -2.13. The summed E-state index contributed by atoms with van der Waals surface area (Å²) in [6.07, 6.45) is 0.378. The number of nitrogens with one attached hydrogen (secondary N) is 2. The molecule has 0 bridgehead atoms. The van der Waals surface area contributed by atoms with Crippen molar-refractivity contribution in [1.82, 2.24) is 15.0 Å². The highest BCUT2D eigenvalue weighted by Crippen LogP contribution is 2.28. The zero-order valence-electron chi connectivity index (χ0n) is 15.9. The molecule has 1 aliphatic rings. The summed E-state index contributed by atoms with van der Waals surface area (Å²) >= 11 is 5.94. The SMILES string of the molecule is Cc1cc(C)cc(-n2c(O)c(C3=NN[C@@H](c4ccc(Cl)cc4)C3)c(=O)[nH]c2=O)c1. The van der Waals surface area contributed by atoms with Crippen LogP contribution in [0.1, 0.15) is 34.7 Å². The second-order valence-corrected chi connectivity index (χ2v) is 7.57. The second kappa shape index (κ2) is 7.25. The van der Waals surface area contributed by atoms with Gasteiger partial charge in [0.25, 0.3) is 5.56 Å². The molecule has 0 saturated carbocycles. The van der Waals surface area contributed by atoms with Crippen LogP contribution in [0.2, 0.25) is 5.02 Å². The van der Waals surface area contributed by atoms with Gasteiger partial charge in [-0.15, -0.1) is 0 Å². The molecular formula is C21H19ClN4O3. The van der Waals surface area contributed by atoms with Crippen LogP contribution in [0.25, 0.3) is 5.69 Å². The quantitative estimate of drug-likeness (QED) is 0.618. The number of aryl methyl sites for hydroxylation is 2. The minimum absolute atomic E-state index is 0.0206. The molecule has 1 aromatic heterocycles. The lowest BCUT2D eigenvalue weighted by atomic mass is 10.00. The standard InChI is InChI=1S/C21H19ClN4O3/c1-11-7-12(2)9-15(8-11)26-20(28)18(19(27)23-21(26)29)17-10-16(24-25-17)13-3-5-14(22)6-4-13/h3-9,16,24,28H,10H2,1-2H3,(H,23,27,29)/t16-/m1/s1. The maximum absolute atomic E-state index is 12.5. The number of aromatic amines is 1. The molecule has 2 aromatic carbocycles. The van der Waals surface area contributed by atoms with Crippen LogP contribution < -0.4 is 16.7 Å². The molecule has 148 valence electrons. The van der Waals surface area contributed by atoms with E-state index in [9.17, 15) is 14.7 Å². The molecule has 1 aliphatic heterocycles. The predicted octanol–water partition coefficient (Wildman–Crippen LogP) is 2.94. The van der Waals surface area contributed by atoms with Crippen LogP contribution in [0.5, 0.6) is 5.88 Å². The van der Waals surface area contributed by atoms with Crippen LogP contribution in [-0.4, -0.2) is 20.4 Å². The fourth-order valence-electron chi connectivity index (χ4n) is 3.59. The van der Waals surface area contributed by atoms with Crippen molar-refractivity contribution in [3.63, 3.8) is 0 Å². The number of H-pyrrole nitrogens is 1. The Morgan fingerprint density at radius 1 is 1.10 bits per heavy atom. The first-order valence-corrected chi connectivity index (χ1v) is 9.46. The molecule has 0 amide bonds. The summed E-state index contributed by atoms with van der Waals surface area (Å²) < 4.78 is 1.09. The Bertz CT molecular complexity index is 1220. The third kappa shape index (κ3) is 3.56. The molecule has 7 nitrogen and oxygen atoms in total. The molecule has 0 radical (unpaired) electrons. The van der Waals surface area contributed by atoms with Crippen LogP contribution in [-0.2, 0) is 0 Å². The van der Waals surface area contributed by atoms with Gasteiger partial charge in [-0.2, -0.15) is 5.10 Å². The van der Waals surface area contributed by atoms with Gasteiger partial charge in [0.1, 0.15) is 5.56 Å². The van der Waals surface area contributed by atoms with E-state index in [1.807, 2.05) is 32.0 Å². The van der Waals surface area contributed by atoms with Crippen LogP contribution in [0, 0.1) is 13.8 Å². The number of rotatable bonds is 3. The van der Waals surface area contributed by atoms with Gasteiger partial charge >= 0.3 is 5.69 Å². The van der Waals surface area contributed by atoms with Crippen LogP contribution in [0.4, 0.5) is 0 Å². The predicted molar refractivity (Wildman–Crippen MR) is 112 cm³/mol. The van der Waals surface area contributed by atoms with Crippen molar-refractivity contribution >= 4 is 17.3 Å². The van der Waals surface area contributed by atoms with Crippen molar-refractivity contribution in [3.8, 4) is 11.6 Å². The summed E-state index contributed by atoms with van der Waals surface area (Å²) in [5.74, 6) is -0.430. The fraction of sp³-hybridized carbons (Fsp3) is 0.190.